The van der Waals surface area contributed by atoms with E-state index in [0.29, 0.717) is 12.3 Å². The summed E-state index contributed by atoms with van der Waals surface area (Å²) >= 11 is 0. The second-order valence-corrected chi connectivity index (χ2v) is 6.28. The van der Waals surface area contributed by atoms with Crippen LogP contribution in [-0.4, -0.2) is 54.5 Å². The number of benzene rings is 2. The highest BCUT2D eigenvalue weighted by Gasteiger charge is 2.13. The molecule has 0 unspecified atom stereocenters. The van der Waals surface area contributed by atoms with Gasteiger partial charge in [0.1, 0.15) is 23.0 Å². The van der Waals surface area contributed by atoms with Gasteiger partial charge >= 0.3 is 0 Å². The predicted octanol–water partition coefficient (Wildman–Crippen LogP) is 2.67. The first-order valence-corrected chi connectivity index (χ1v) is 9.51. The number of guanidine groups is 1. The Labute approximate surface area is 173 Å². The number of aliphatic imine (C=N–C) groups is 1. The van der Waals surface area contributed by atoms with E-state index in [9.17, 15) is 0 Å². The first-order chi connectivity index (χ1) is 14.1. The van der Waals surface area contributed by atoms with Crippen LogP contribution in [0.5, 0.6) is 23.0 Å². The Balaban J connectivity index is 1.86. The number of methoxy groups -OCH3 is 4. The zero-order chi connectivity index (χ0) is 21.1. The summed E-state index contributed by atoms with van der Waals surface area (Å²) in [7, 11) is 8.34. The van der Waals surface area contributed by atoms with E-state index in [-0.39, 0.29) is 0 Å². The normalized spacial score (nSPS) is 11.0. The van der Waals surface area contributed by atoms with E-state index < -0.39 is 0 Å². The molecule has 0 aromatic heterocycles. The molecule has 2 N–H and O–H groups in total. The first-order valence-electron chi connectivity index (χ1n) is 9.51. The molecule has 0 radical (unpaired) electrons. The largest absolute Gasteiger partial charge is 0.497 e. The first kappa shape index (κ1) is 22.2. The number of hydrogen-bond donors (Lipinski definition) is 2. The van der Waals surface area contributed by atoms with Gasteiger partial charge < -0.3 is 29.6 Å². The van der Waals surface area contributed by atoms with Crippen LogP contribution in [0.4, 0.5) is 0 Å². The highest BCUT2D eigenvalue weighted by molar-refractivity contribution is 5.79. The molecule has 0 aliphatic rings. The second-order valence-electron chi connectivity index (χ2n) is 6.28. The van der Waals surface area contributed by atoms with Gasteiger partial charge in [-0.3, -0.25) is 4.99 Å². The summed E-state index contributed by atoms with van der Waals surface area (Å²) in [6.45, 7) is 1.46. The molecule has 0 atom stereocenters. The van der Waals surface area contributed by atoms with Gasteiger partial charge in [0.05, 0.1) is 28.4 Å². The Morgan fingerprint density at radius 1 is 0.759 bits per heavy atom. The lowest BCUT2D eigenvalue weighted by Gasteiger charge is -2.16. The Kier molecular flexibility index (Phi) is 8.95. The lowest BCUT2D eigenvalue weighted by molar-refractivity contribution is 0.368. The Morgan fingerprint density at radius 3 is 1.79 bits per heavy atom. The van der Waals surface area contributed by atoms with Crippen molar-refractivity contribution in [3.05, 3.63) is 47.5 Å². The van der Waals surface area contributed by atoms with Gasteiger partial charge in [-0.05, 0) is 30.5 Å². The molecular formula is C22H31N3O4. The molecule has 2 aromatic carbocycles. The molecule has 0 fully saturated rings. The zero-order valence-corrected chi connectivity index (χ0v) is 17.9. The van der Waals surface area contributed by atoms with Crippen molar-refractivity contribution < 1.29 is 18.9 Å². The number of nitrogens with one attached hydrogen (secondary N) is 2. The molecule has 0 saturated carbocycles. The van der Waals surface area contributed by atoms with Gasteiger partial charge in [-0.25, -0.2) is 0 Å². The van der Waals surface area contributed by atoms with Gasteiger partial charge in [-0.1, -0.05) is 12.1 Å². The standard InChI is InChI=1S/C22H31N3O4/c1-23-22(24-12-10-16-6-8-17(26-2)9-7-16)25-13-11-19-20(28-4)14-18(27-3)15-21(19)29-5/h6-9,14-15H,10-13H2,1-5H3,(H2,23,24,25). The zero-order valence-electron chi connectivity index (χ0n) is 17.9. The molecule has 0 saturated heterocycles. The van der Waals surface area contributed by atoms with Crippen LogP contribution in [0.2, 0.25) is 0 Å². The fraction of sp³-hybridized carbons (Fsp3) is 0.409. The summed E-state index contributed by atoms with van der Waals surface area (Å²) in [6, 6.07) is 11.8. The number of rotatable bonds is 10. The molecule has 158 valence electrons. The Bertz CT molecular complexity index is 766. The summed E-state index contributed by atoms with van der Waals surface area (Å²) in [4.78, 5) is 4.28. The van der Waals surface area contributed by atoms with Crippen LogP contribution in [0.3, 0.4) is 0 Å². The van der Waals surface area contributed by atoms with Crippen LogP contribution in [-0.2, 0) is 12.8 Å². The fourth-order valence-corrected chi connectivity index (χ4v) is 2.97. The van der Waals surface area contributed by atoms with Crippen molar-refractivity contribution in [1.29, 1.82) is 0 Å². The summed E-state index contributed by atoms with van der Waals surface area (Å²) < 4.78 is 21.5. The van der Waals surface area contributed by atoms with E-state index in [2.05, 4.69) is 27.8 Å². The number of hydrogen-bond acceptors (Lipinski definition) is 5. The minimum atomic E-state index is 0.682. The quantitative estimate of drug-likeness (QED) is 0.471. The maximum Gasteiger partial charge on any atom is 0.190 e. The van der Waals surface area contributed by atoms with Crippen molar-refractivity contribution in [2.24, 2.45) is 4.99 Å². The molecule has 7 heteroatoms. The van der Waals surface area contributed by atoms with Crippen LogP contribution >= 0.6 is 0 Å². The van der Waals surface area contributed by atoms with Crippen molar-refractivity contribution >= 4 is 5.96 Å². The smallest absolute Gasteiger partial charge is 0.190 e. The molecule has 0 spiro atoms. The number of ether oxygens (including phenoxy) is 4. The summed E-state index contributed by atoms with van der Waals surface area (Å²) in [5.74, 6) is 3.80. The molecule has 0 aliphatic heterocycles. The average Bonchev–Trinajstić information content (AvgIpc) is 2.78. The van der Waals surface area contributed by atoms with Crippen LogP contribution < -0.4 is 29.6 Å². The molecule has 2 aromatic rings. The fourth-order valence-electron chi connectivity index (χ4n) is 2.97. The van der Waals surface area contributed by atoms with Gasteiger partial charge in [0.2, 0.25) is 0 Å². The third kappa shape index (κ3) is 6.48. The monoisotopic (exact) mass is 401 g/mol. The summed E-state index contributed by atoms with van der Waals surface area (Å²) in [5, 5.41) is 6.66. The molecule has 0 aliphatic carbocycles. The molecule has 0 heterocycles. The second kappa shape index (κ2) is 11.7. The van der Waals surface area contributed by atoms with E-state index in [0.717, 1.165) is 48.2 Å². The average molecular weight is 402 g/mol. The van der Waals surface area contributed by atoms with E-state index in [1.54, 1.807) is 35.5 Å². The number of nitrogens with zero attached hydrogens (tertiary/aromatic N) is 1. The van der Waals surface area contributed by atoms with E-state index in [1.165, 1.54) is 5.56 Å². The highest BCUT2D eigenvalue weighted by Crippen LogP contribution is 2.34. The van der Waals surface area contributed by atoms with Crippen molar-refractivity contribution in [2.45, 2.75) is 12.8 Å². The lowest BCUT2D eigenvalue weighted by Crippen LogP contribution is -2.39. The minimum Gasteiger partial charge on any atom is -0.497 e. The Hall–Kier alpha value is -3.09. The third-order valence-corrected chi connectivity index (χ3v) is 4.57. The molecule has 7 nitrogen and oxygen atoms in total. The summed E-state index contributed by atoms with van der Waals surface area (Å²) in [6.07, 6.45) is 1.61. The van der Waals surface area contributed by atoms with Gasteiger partial charge in [-0.15, -0.1) is 0 Å². The van der Waals surface area contributed by atoms with Crippen molar-refractivity contribution in [3.63, 3.8) is 0 Å². The van der Waals surface area contributed by atoms with Crippen molar-refractivity contribution in [3.8, 4) is 23.0 Å². The summed E-state index contributed by atoms with van der Waals surface area (Å²) in [5.41, 5.74) is 2.22. The topological polar surface area (TPSA) is 73.3 Å². The van der Waals surface area contributed by atoms with E-state index >= 15 is 0 Å². The van der Waals surface area contributed by atoms with Gasteiger partial charge in [0.15, 0.2) is 5.96 Å². The van der Waals surface area contributed by atoms with Crippen LogP contribution in [0.25, 0.3) is 0 Å². The van der Waals surface area contributed by atoms with Gasteiger partial charge in [0.25, 0.3) is 0 Å². The highest BCUT2D eigenvalue weighted by atomic mass is 16.5. The third-order valence-electron chi connectivity index (χ3n) is 4.57. The minimum absolute atomic E-state index is 0.682. The molecule has 0 amide bonds. The lowest BCUT2D eigenvalue weighted by atomic mass is 10.1. The predicted molar refractivity (Wildman–Crippen MR) is 116 cm³/mol. The van der Waals surface area contributed by atoms with E-state index in [4.69, 9.17) is 18.9 Å². The molecular weight excluding hydrogens is 370 g/mol. The van der Waals surface area contributed by atoms with Crippen LogP contribution in [0.15, 0.2) is 41.4 Å². The van der Waals surface area contributed by atoms with Gasteiger partial charge in [-0.2, -0.15) is 0 Å². The van der Waals surface area contributed by atoms with Crippen molar-refractivity contribution in [1.82, 2.24) is 10.6 Å². The van der Waals surface area contributed by atoms with Crippen LogP contribution in [0.1, 0.15) is 11.1 Å². The SMILES string of the molecule is CN=C(NCCc1ccc(OC)cc1)NCCc1c(OC)cc(OC)cc1OC. The molecule has 29 heavy (non-hydrogen) atoms. The van der Waals surface area contributed by atoms with Gasteiger partial charge in [0, 0.05) is 37.8 Å². The maximum absolute atomic E-state index is 5.50. The molecule has 0 bridgehead atoms. The molecule has 2 rings (SSSR count). The van der Waals surface area contributed by atoms with E-state index in [1.807, 2.05) is 24.3 Å². The van der Waals surface area contributed by atoms with Crippen LogP contribution in [0, 0.1) is 0 Å². The maximum atomic E-state index is 5.50. The van der Waals surface area contributed by atoms with Crippen molar-refractivity contribution in [2.75, 3.05) is 48.6 Å². The Morgan fingerprint density at radius 2 is 1.31 bits per heavy atom.